The standard InChI is InChI=1S/C23H22N4O4S/c1-2-12-31-23(30)19-6-7-21(25-24-19)26-8-10-27(11-9-26)22(29)20-14-17(15-32-20)16-4-3-5-18(28)13-16/h2-7,13-15,28H,1,8-12H2. The summed E-state index contributed by atoms with van der Waals surface area (Å²) in [5.41, 5.74) is 1.93. The minimum atomic E-state index is -0.541. The van der Waals surface area contributed by atoms with E-state index in [-0.39, 0.29) is 24.0 Å². The van der Waals surface area contributed by atoms with E-state index >= 15 is 0 Å². The van der Waals surface area contributed by atoms with E-state index in [1.165, 1.54) is 17.4 Å². The van der Waals surface area contributed by atoms with Gasteiger partial charge in [0.2, 0.25) is 0 Å². The van der Waals surface area contributed by atoms with Crippen molar-refractivity contribution < 1.29 is 19.4 Å². The molecule has 0 spiro atoms. The molecule has 164 valence electrons. The van der Waals surface area contributed by atoms with Crippen molar-refractivity contribution in [1.29, 1.82) is 0 Å². The number of hydrogen-bond acceptors (Lipinski definition) is 8. The smallest absolute Gasteiger partial charge is 0.359 e. The lowest BCUT2D eigenvalue weighted by atomic mass is 10.1. The van der Waals surface area contributed by atoms with Crippen molar-refractivity contribution in [3.63, 3.8) is 0 Å². The minimum absolute atomic E-state index is 0.00699. The highest BCUT2D eigenvalue weighted by Crippen LogP contribution is 2.29. The molecular formula is C23H22N4O4S. The summed E-state index contributed by atoms with van der Waals surface area (Å²) in [7, 11) is 0. The van der Waals surface area contributed by atoms with Gasteiger partial charge in [-0.1, -0.05) is 24.8 Å². The number of aromatic hydroxyl groups is 1. The van der Waals surface area contributed by atoms with Crippen LogP contribution in [0.1, 0.15) is 20.2 Å². The summed E-state index contributed by atoms with van der Waals surface area (Å²) in [5.74, 6) is 0.301. The van der Waals surface area contributed by atoms with Gasteiger partial charge in [-0.05, 0) is 46.8 Å². The molecule has 9 heteroatoms. The van der Waals surface area contributed by atoms with Gasteiger partial charge in [0.15, 0.2) is 11.5 Å². The molecule has 3 heterocycles. The summed E-state index contributed by atoms with van der Waals surface area (Å²) < 4.78 is 4.95. The number of amides is 1. The number of rotatable bonds is 6. The summed E-state index contributed by atoms with van der Waals surface area (Å²) in [6.07, 6.45) is 1.49. The number of esters is 1. The van der Waals surface area contributed by atoms with E-state index in [9.17, 15) is 14.7 Å². The molecule has 0 aliphatic carbocycles. The van der Waals surface area contributed by atoms with Gasteiger partial charge in [0.05, 0.1) is 4.88 Å². The number of anilines is 1. The molecule has 1 fully saturated rings. The summed E-state index contributed by atoms with van der Waals surface area (Å²) in [4.78, 5) is 29.3. The maximum atomic E-state index is 12.9. The number of hydrogen-bond donors (Lipinski definition) is 1. The topological polar surface area (TPSA) is 95.9 Å². The zero-order valence-corrected chi connectivity index (χ0v) is 18.1. The molecular weight excluding hydrogens is 428 g/mol. The first-order valence-corrected chi connectivity index (χ1v) is 11.0. The lowest BCUT2D eigenvalue weighted by molar-refractivity contribution is 0.0541. The Morgan fingerprint density at radius 1 is 1.09 bits per heavy atom. The molecule has 0 unspecified atom stereocenters. The lowest BCUT2D eigenvalue weighted by Crippen LogP contribution is -2.49. The molecule has 0 radical (unpaired) electrons. The number of phenolic OH excluding ortho intramolecular Hbond substituents is 1. The van der Waals surface area contributed by atoms with E-state index in [1.54, 1.807) is 30.3 Å². The number of carbonyl (C=O) groups excluding carboxylic acids is 2. The first kappa shape index (κ1) is 21.5. The Morgan fingerprint density at radius 2 is 1.91 bits per heavy atom. The van der Waals surface area contributed by atoms with Crippen LogP contribution in [0.4, 0.5) is 5.82 Å². The molecule has 1 aliphatic heterocycles. The Kier molecular flexibility index (Phi) is 6.46. The van der Waals surface area contributed by atoms with Crippen LogP contribution in [0.15, 0.2) is 60.5 Å². The van der Waals surface area contributed by atoms with Crippen LogP contribution < -0.4 is 4.90 Å². The van der Waals surface area contributed by atoms with Crippen LogP contribution >= 0.6 is 11.3 Å². The van der Waals surface area contributed by atoms with Gasteiger partial charge in [0, 0.05) is 26.2 Å². The van der Waals surface area contributed by atoms with Gasteiger partial charge >= 0.3 is 5.97 Å². The molecule has 1 saturated heterocycles. The van der Waals surface area contributed by atoms with Crippen LogP contribution in [-0.2, 0) is 4.74 Å². The molecule has 1 N–H and O–H groups in total. The van der Waals surface area contributed by atoms with Gasteiger partial charge in [0.25, 0.3) is 5.91 Å². The van der Waals surface area contributed by atoms with Crippen molar-refractivity contribution in [2.24, 2.45) is 0 Å². The molecule has 0 saturated carbocycles. The average Bonchev–Trinajstić information content (AvgIpc) is 3.33. The van der Waals surface area contributed by atoms with Crippen LogP contribution in [0.2, 0.25) is 0 Å². The van der Waals surface area contributed by atoms with Crippen molar-refractivity contribution in [3.8, 4) is 16.9 Å². The second-order valence-electron chi connectivity index (χ2n) is 7.19. The number of aromatic nitrogens is 2. The Morgan fingerprint density at radius 3 is 2.59 bits per heavy atom. The van der Waals surface area contributed by atoms with Crippen LogP contribution in [0, 0.1) is 0 Å². The van der Waals surface area contributed by atoms with Gasteiger partial charge in [-0.25, -0.2) is 4.79 Å². The summed E-state index contributed by atoms with van der Waals surface area (Å²) in [5, 5.41) is 19.7. The molecule has 2 aromatic heterocycles. The SMILES string of the molecule is C=CCOC(=O)c1ccc(N2CCN(C(=O)c3cc(-c4cccc(O)c4)cs3)CC2)nn1. The number of carbonyl (C=O) groups is 2. The number of ether oxygens (including phenoxy) is 1. The number of benzene rings is 1. The maximum Gasteiger partial charge on any atom is 0.359 e. The Hall–Kier alpha value is -3.72. The summed E-state index contributed by atoms with van der Waals surface area (Å²) in [6, 6.07) is 12.2. The lowest BCUT2D eigenvalue weighted by Gasteiger charge is -2.35. The van der Waals surface area contributed by atoms with Gasteiger partial charge < -0.3 is 19.6 Å². The van der Waals surface area contributed by atoms with E-state index in [4.69, 9.17) is 4.74 Å². The average molecular weight is 451 g/mol. The monoisotopic (exact) mass is 450 g/mol. The number of phenols is 1. The normalized spacial score (nSPS) is 13.6. The van der Waals surface area contributed by atoms with Crippen molar-refractivity contribution in [3.05, 3.63) is 71.1 Å². The molecule has 0 atom stereocenters. The zero-order chi connectivity index (χ0) is 22.5. The first-order valence-electron chi connectivity index (χ1n) is 10.1. The van der Waals surface area contributed by atoms with Crippen molar-refractivity contribution in [2.75, 3.05) is 37.7 Å². The Labute approximate surface area is 189 Å². The summed E-state index contributed by atoms with van der Waals surface area (Å²) >= 11 is 1.40. The highest BCUT2D eigenvalue weighted by molar-refractivity contribution is 7.12. The fourth-order valence-electron chi connectivity index (χ4n) is 3.39. The molecule has 1 aromatic carbocycles. The van der Waals surface area contributed by atoms with E-state index in [1.807, 2.05) is 27.3 Å². The largest absolute Gasteiger partial charge is 0.508 e. The molecule has 4 rings (SSSR count). The van der Waals surface area contributed by atoms with Gasteiger partial charge in [-0.3, -0.25) is 4.79 Å². The molecule has 0 bridgehead atoms. The van der Waals surface area contributed by atoms with Crippen LogP contribution in [0.3, 0.4) is 0 Å². The molecule has 1 amide bonds. The minimum Gasteiger partial charge on any atom is -0.508 e. The first-order chi connectivity index (χ1) is 15.5. The predicted molar refractivity (Wildman–Crippen MR) is 122 cm³/mol. The van der Waals surface area contributed by atoms with Crippen molar-refractivity contribution >= 4 is 29.0 Å². The van der Waals surface area contributed by atoms with Crippen LogP contribution in [-0.4, -0.2) is 64.9 Å². The fourth-order valence-corrected chi connectivity index (χ4v) is 4.27. The third-order valence-electron chi connectivity index (χ3n) is 5.07. The van der Waals surface area contributed by atoms with E-state index in [0.717, 1.165) is 11.1 Å². The maximum absolute atomic E-state index is 12.9. The van der Waals surface area contributed by atoms with Crippen LogP contribution in [0.5, 0.6) is 5.75 Å². The quantitative estimate of drug-likeness (QED) is 0.455. The number of nitrogens with zero attached hydrogens (tertiary/aromatic N) is 4. The second-order valence-corrected chi connectivity index (χ2v) is 8.10. The zero-order valence-electron chi connectivity index (χ0n) is 17.3. The highest BCUT2D eigenvalue weighted by Gasteiger charge is 2.24. The van der Waals surface area contributed by atoms with E-state index in [0.29, 0.717) is 36.9 Å². The van der Waals surface area contributed by atoms with E-state index < -0.39 is 5.97 Å². The Bertz CT molecular complexity index is 1120. The van der Waals surface area contributed by atoms with Gasteiger partial charge in [0.1, 0.15) is 12.4 Å². The second kappa shape index (κ2) is 9.61. The van der Waals surface area contributed by atoms with Crippen molar-refractivity contribution in [2.45, 2.75) is 0 Å². The third-order valence-corrected chi connectivity index (χ3v) is 5.99. The van der Waals surface area contributed by atoms with E-state index in [2.05, 4.69) is 16.8 Å². The molecule has 1 aliphatic rings. The highest BCUT2D eigenvalue weighted by atomic mass is 32.1. The predicted octanol–water partition coefficient (Wildman–Crippen LogP) is 3.22. The number of thiophene rings is 1. The molecule has 32 heavy (non-hydrogen) atoms. The fraction of sp³-hybridized carbons (Fsp3) is 0.217. The molecule has 3 aromatic rings. The van der Waals surface area contributed by atoms with Gasteiger partial charge in [-0.2, -0.15) is 0 Å². The Balaban J connectivity index is 1.35. The van der Waals surface area contributed by atoms with Gasteiger partial charge in [-0.15, -0.1) is 21.5 Å². The van der Waals surface area contributed by atoms with Crippen molar-refractivity contribution in [1.82, 2.24) is 15.1 Å². The number of piperazine rings is 1. The van der Waals surface area contributed by atoms with Crippen LogP contribution in [0.25, 0.3) is 11.1 Å². The molecule has 8 nitrogen and oxygen atoms in total. The third kappa shape index (κ3) is 4.78. The summed E-state index contributed by atoms with van der Waals surface area (Å²) in [6.45, 7) is 5.97.